The van der Waals surface area contributed by atoms with E-state index in [4.69, 9.17) is 23.2 Å². The molecule has 2 amide bonds. The molecule has 2 atom stereocenters. The van der Waals surface area contributed by atoms with Crippen molar-refractivity contribution in [3.8, 4) is 0 Å². The summed E-state index contributed by atoms with van der Waals surface area (Å²) in [5, 5.41) is 6.11. The quantitative estimate of drug-likeness (QED) is 0.814. The summed E-state index contributed by atoms with van der Waals surface area (Å²) < 4.78 is 0. The first kappa shape index (κ1) is 16.1. The highest BCUT2D eigenvalue weighted by atomic mass is 35.5. The molecule has 0 saturated heterocycles. The Kier molecular flexibility index (Phi) is 5.48. The van der Waals surface area contributed by atoms with Crippen molar-refractivity contribution in [3.05, 3.63) is 28.2 Å². The molecule has 4 nitrogen and oxygen atoms in total. The van der Waals surface area contributed by atoms with Gasteiger partial charge in [0.15, 0.2) is 0 Å². The number of rotatable bonds is 2. The van der Waals surface area contributed by atoms with Crippen LogP contribution < -0.4 is 10.6 Å². The van der Waals surface area contributed by atoms with Crippen molar-refractivity contribution in [2.75, 3.05) is 5.32 Å². The maximum atomic E-state index is 11.9. The number of carbonyl (C=O) groups excluding carboxylic acids is 2. The molecule has 0 unspecified atom stereocenters. The first-order valence-electron chi connectivity index (χ1n) is 7.03. The molecule has 0 radical (unpaired) electrons. The SMILES string of the molecule is C[C@@H]1CCCC[C@H]1NC(=O)C(=O)Nc1cc(Cl)cc(Cl)c1. The zero-order chi connectivity index (χ0) is 15.4. The molecule has 1 saturated carbocycles. The highest BCUT2D eigenvalue weighted by molar-refractivity contribution is 6.40. The number of benzene rings is 1. The standard InChI is InChI=1S/C15H18Cl2N2O2/c1-9-4-2-3-5-13(9)19-15(21)14(20)18-12-7-10(16)6-11(17)8-12/h6-9,13H,2-5H2,1H3,(H,18,20)(H,19,21)/t9-,13-/m1/s1. The van der Waals surface area contributed by atoms with Crippen molar-refractivity contribution in [2.45, 2.75) is 38.6 Å². The summed E-state index contributed by atoms with van der Waals surface area (Å²) in [5.41, 5.74) is 0.407. The molecule has 0 aromatic heterocycles. The van der Waals surface area contributed by atoms with Gasteiger partial charge in [-0.1, -0.05) is 43.0 Å². The van der Waals surface area contributed by atoms with Gasteiger partial charge < -0.3 is 10.6 Å². The molecule has 6 heteroatoms. The zero-order valence-electron chi connectivity index (χ0n) is 11.8. The second kappa shape index (κ2) is 7.14. The minimum atomic E-state index is -0.703. The van der Waals surface area contributed by atoms with Gasteiger partial charge in [-0.05, 0) is 37.0 Å². The number of nitrogens with one attached hydrogen (secondary N) is 2. The maximum Gasteiger partial charge on any atom is 0.313 e. The Morgan fingerprint density at radius 3 is 2.29 bits per heavy atom. The molecule has 2 rings (SSSR count). The van der Waals surface area contributed by atoms with E-state index in [0.717, 1.165) is 19.3 Å². The number of hydrogen-bond donors (Lipinski definition) is 2. The Bertz CT molecular complexity index is 528. The molecule has 1 fully saturated rings. The zero-order valence-corrected chi connectivity index (χ0v) is 13.3. The summed E-state index contributed by atoms with van der Waals surface area (Å²) in [5.74, 6) is -0.924. The molecule has 1 aliphatic carbocycles. The van der Waals surface area contributed by atoms with Gasteiger partial charge in [-0.15, -0.1) is 0 Å². The molecule has 1 aromatic rings. The van der Waals surface area contributed by atoms with Crippen LogP contribution in [0.5, 0.6) is 0 Å². The molecule has 0 spiro atoms. The van der Waals surface area contributed by atoms with E-state index >= 15 is 0 Å². The fraction of sp³-hybridized carbons (Fsp3) is 0.467. The van der Waals surface area contributed by atoms with Gasteiger partial charge in [0, 0.05) is 21.8 Å². The highest BCUT2D eigenvalue weighted by Gasteiger charge is 2.25. The lowest BCUT2D eigenvalue weighted by Gasteiger charge is -2.29. The van der Waals surface area contributed by atoms with Crippen LogP contribution in [0.25, 0.3) is 0 Å². The van der Waals surface area contributed by atoms with Crippen LogP contribution in [-0.2, 0) is 9.59 Å². The summed E-state index contributed by atoms with van der Waals surface area (Å²) in [6.07, 6.45) is 4.27. The van der Waals surface area contributed by atoms with E-state index in [2.05, 4.69) is 17.6 Å². The Balaban J connectivity index is 1.94. The van der Waals surface area contributed by atoms with Crippen molar-refractivity contribution in [3.63, 3.8) is 0 Å². The van der Waals surface area contributed by atoms with Crippen molar-refractivity contribution >= 4 is 40.7 Å². The van der Waals surface area contributed by atoms with Gasteiger partial charge in [-0.25, -0.2) is 0 Å². The summed E-state index contributed by atoms with van der Waals surface area (Å²) >= 11 is 11.7. The topological polar surface area (TPSA) is 58.2 Å². The Morgan fingerprint density at radius 1 is 1.05 bits per heavy atom. The highest BCUT2D eigenvalue weighted by Crippen LogP contribution is 2.24. The third-order valence-corrected chi connectivity index (χ3v) is 4.19. The summed E-state index contributed by atoms with van der Waals surface area (Å²) in [6, 6.07) is 4.71. The number of carbonyl (C=O) groups is 2. The van der Waals surface area contributed by atoms with Gasteiger partial charge in [-0.3, -0.25) is 9.59 Å². The van der Waals surface area contributed by atoms with Gasteiger partial charge in [0.25, 0.3) is 0 Å². The van der Waals surface area contributed by atoms with Gasteiger partial charge in [0.1, 0.15) is 0 Å². The van der Waals surface area contributed by atoms with Crippen LogP contribution in [0.2, 0.25) is 10.0 Å². The molecule has 0 bridgehead atoms. The maximum absolute atomic E-state index is 11.9. The van der Waals surface area contributed by atoms with Crippen molar-refractivity contribution in [2.24, 2.45) is 5.92 Å². The third-order valence-electron chi connectivity index (χ3n) is 3.75. The van der Waals surface area contributed by atoms with E-state index < -0.39 is 11.8 Å². The smallest absolute Gasteiger partial charge is 0.313 e. The number of hydrogen-bond acceptors (Lipinski definition) is 2. The van der Waals surface area contributed by atoms with Gasteiger partial charge in [-0.2, -0.15) is 0 Å². The summed E-state index contributed by atoms with van der Waals surface area (Å²) in [6.45, 7) is 2.10. The van der Waals surface area contributed by atoms with E-state index in [1.54, 1.807) is 18.2 Å². The lowest BCUT2D eigenvalue weighted by Crippen LogP contribution is -2.45. The third kappa shape index (κ3) is 4.61. The van der Waals surface area contributed by atoms with E-state index in [1.807, 2.05) is 0 Å². The average molecular weight is 329 g/mol. The predicted octanol–water partition coefficient (Wildman–Crippen LogP) is 3.63. The minimum Gasteiger partial charge on any atom is -0.345 e. The van der Waals surface area contributed by atoms with Crippen LogP contribution >= 0.6 is 23.2 Å². The summed E-state index contributed by atoms with van der Waals surface area (Å²) in [7, 11) is 0. The van der Waals surface area contributed by atoms with Crippen molar-refractivity contribution in [1.82, 2.24) is 5.32 Å². The molecular formula is C15H18Cl2N2O2. The average Bonchev–Trinajstić information content (AvgIpc) is 2.40. The molecule has 0 aliphatic heterocycles. The van der Waals surface area contributed by atoms with Crippen LogP contribution in [0.1, 0.15) is 32.6 Å². The van der Waals surface area contributed by atoms with E-state index in [0.29, 0.717) is 21.7 Å². The molecule has 1 aromatic carbocycles. The molecule has 0 heterocycles. The fourth-order valence-corrected chi connectivity index (χ4v) is 3.10. The normalized spacial score (nSPS) is 21.7. The van der Waals surface area contributed by atoms with Gasteiger partial charge in [0.2, 0.25) is 0 Å². The molecule has 2 N–H and O–H groups in total. The number of amides is 2. The first-order chi connectivity index (χ1) is 9.95. The minimum absolute atomic E-state index is 0.0694. The lowest BCUT2D eigenvalue weighted by atomic mass is 9.86. The van der Waals surface area contributed by atoms with Crippen LogP contribution in [0.4, 0.5) is 5.69 Å². The van der Waals surface area contributed by atoms with Crippen LogP contribution in [-0.4, -0.2) is 17.9 Å². The van der Waals surface area contributed by atoms with E-state index in [1.165, 1.54) is 6.42 Å². The predicted molar refractivity (Wildman–Crippen MR) is 84.7 cm³/mol. The van der Waals surface area contributed by atoms with Gasteiger partial charge in [0.05, 0.1) is 0 Å². The van der Waals surface area contributed by atoms with Crippen molar-refractivity contribution < 1.29 is 9.59 Å². The van der Waals surface area contributed by atoms with Crippen LogP contribution in [0.3, 0.4) is 0 Å². The molecular weight excluding hydrogens is 311 g/mol. The van der Waals surface area contributed by atoms with Crippen LogP contribution in [0, 0.1) is 5.92 Å². The lowest BCUT2D eigenvalue weighted by molar-refractivity contribution is -0.137. The number of anilines is 1. The van der Waals surface area contributed by atoms with Gasteiger partial charge >= 0.3 is 11.8 Å². The molecule has 114 valence electrons. The Labute approximate surface area is 134 Å². The van der Waals surface area contributed by atoms with E-state index in [9.17, 15) is 9.59 Å². The van der Waals surface area contributed by atoms with Crippen LogP contribution in [0.15, 0.2) is 18.2 Å². The Morgan fingerprint density at radius 2 is 1.67 bits per heavy atom. The largest absolute Gasteiger partial charge is 0.345 e. The van der Waals surface area contributed by atoms with E-state index in [-0.39, 0.29) is 6.04 Å². The second-order valence-corrected chi connectivity index (χ2v) is 6.33. The second-order valence-electron chi connectivity index (χ2n) is 5.45. The summed E-state index contributed by atoms with van der Waals surface area (Å²) in [4.78, 5) is 23.8. The fourth-order valence-electron chi connectivity index (χ4n) is 2.58. The number of halogens is 2. The molecule has 21 heavy (non-hydrogen) atoms. The Hall–Kier alpha value is -1.26. The molecule has 1 aliphatic rings. The monoisotopic (exact) mass is 328 g/mol. The first-order valence-corrected chi connectivity index (χ1v) is 7.79. The van der Waals surface area contributed by atoms with Crippen molar-refractivity contribution in [1.29, 1.82) is 0 Å².